The highest BCUT2D eigenvalue weighted by Crippen LogP contribution is 2.18. The Kier molecular flexibility index (Phi) is 11.1. The van der Waals surface area contributed by atoms with Gasteiger partial charge in [-0.05, 0) is 24.3 Å². The number of carboxylic acid groups (broad SMARTS) is 1. The summed E-state index contributed by atoms with van der Waals surface area (Å²) >= 11 is 0. The van der Waals surface area contributed by atoms with Gasteiger partial charge in [-0.1, -0.05) is 12.1 Å². The fourth-order valence-corrected chi connectivity index (χ4v) is 2.55. The molecule has 2 aromatic rings. The van der Waals surface area contributed by atoms with Crippen molar-refractivity contribution in [3.8, 4) is 0 Å². The molecule has 0 bridgehead atoms. The number of carbonyl (C=O) groups is 6. The highest BCUT2D eigenvalue weighted by atomic mass is 19.1. The van der Waals surface area contributed by atoms with Gasteiger partial charge in [-0.25, -0.2) is 8.78 Å². The number of halogens is 2. The molecule has 3 rings (SSSR count). The van der Waals surface area contributed by atoms with Crippen LogP contribution in [0.15, 0.2) is 36.4 Å². The number of esters is 2. The number of nitrogens with two attached hydrogens (primary N) is 3. The monoisotopic (exact) mass is 508 g/mol. The molecule has 0 atom stereocenters. The number of nitrogen functional groups attached to an aromatic ring is 1. The number of ether oxygens (including phenoxy) is 1. The molecule has 0 aliphatic carbocycles. The molecule has 0 aromatic heterocycles. The molecule has 1 fully saturated rings. The number of hydrogen-bond acceptors (Lipinski definition) is 8. The number of carbonyl (C=O) groups excluding carboxylic acids is 5. The van der Waals surface area contributed by atoms with Crippen LogP contribution in [-0.4, -0.2) is 40.7 Å². The van der Waals surface area contributed by atoms with Crippen LogP contribution in [0.2, 0.25) is 0 Å². The van der Waals surface area contributed by atoms with Crippen LogP contribution in [0.25, 0.3) is 0 Å². The van der Waals surface area contributed by atoms with Gasteiger partial charge in [-0.3, -0.25) is 28.8 Å². The van der Waals surface area contributed by atoms with E-state index in [2.05, 4.69) is 10.1 Å². The third kappa shape index (κ3) is 9.54. The molecule has 0 unspecified atom stereocenters. The summed E-state index contributed by atoms with van der Waals surface area (Å²) in [6, 6.07) is 7.61. The van der Waals surface area contributed by atoms with E-state index in [1.807, 2.05) is 0 Å². The third-order valence-electron chi connectivity index (χ3n) is 4.15. The average molecular weight is 508 g/mol. The van der Waals surface area contributed by atoms with Crippen LogP contribution in [0.1, 0.15) is 46.4 Å². The normalized spacial score (nSPS) is 11.7. The average Bonchev–Trinajstić information content (AvgIpc) is 3.15. The standard InChI is InChI=1S/C11H11FN2O4.C7H7FN2O.C4H4O3/c12-6-2-1-3-7(10(6)11(13)18)14-8(15)4-5-9(16)17;8-4-2-1-3-5(9)6(4)7(10)11;5-3-1-2-4(6)7-3/h1-3H,4-5H2,(H2,13,18)(H,14,15)(H,16,17);1-3H,9H2,(H2,10,11);1-2H2. The van der Waals surface area contributed by atoms with Crippen molar-refractivity contribution in [3.05, 3.63) is 59.2 Å². The Morgan fingerprint density at radius 1 is 0.861 bits per heavy atom. The molecule has 0 spiro atoms. The molecule has 8 N–H and O–H groups in total. The lowest BCUT2D eigenvalue weighted by molar-refractivity contribution is -0.152. The summed E-state index contributed by atoms with van der Waals surface area (Å²) in [4.78, 5) is 63.2. The molecule has 36 heavy (non-hydrogen) atoms. The Bertz CT molecular complexity index is 1150. The quantitative estimate of drug-likeness (QED) is 0.214. The van der Waals surface area contributed by atoms with E-state index in [1.165, 1.54) is 24.3 Å². The summed E-state index contributed by atoms with van der Waals surface area (Å²) < 4.78 is 30.1. The highest BCUT2D eigenvalue weighted by molar-refractivity contribution is 6.03. The fraction of sp³-hybridized carbons (Fsp3) is 0.182. The minimum atomic E-state index is -1.13. The predicted octanol–water partition coefficient (Wildman–Crippen LogP) is 1.08. The van der Waals surface area contributed by atoms with E-state index < -0.39 is 52.8 Å². The summed E-state index contributed by atoms with van der Waals surface area (Å²) in [6.45, 7) is 0. The SMILES string of the molecule is NC(=O)c1c(F)cccc1NC(=O)CCC(=O)O.NC(=O)c1c(N)cccc1F.O=C1CCC(=O)O1. The fourth-order valence-electron chi connectivity index (χ4n) is 2.55. The molecule has 1 aliphatic heterocycles. The van der Waals surface area contributed by atoms with Crippen molar-refractivity contribution in [1.82, 2.24) is 0 Å². The van der Waals surface area contributed by atoms with Crippen molar-refractivity contribution in [2.45, 2.75) is 25.7 Å². The maximum Gasteiger partial charge on any atom is 0.314 e. The van der Waals surface area contributed by atoms with E-state index in [-0.39, 0.29) is 42.6 Å². The summed E-state index contributed by atoms with van der Waals surface area (Å²) in [7, 11) is 0. The van der Waals surface area contributed by atoms with Gasteiger partial charge in [0.05, 0.1) is 36.1 Å². The van der Waals surface area contributed by atoms with Gasteiger partial charge in [-0.2, -0.15) is 0 Å². The number of rotatable bonds is 6. The van der Waals surface area contributed by atoms with Gasteiger partial charge in [0.2, 0.25) is 5.91 Å². The zero-order valence-corrected chi connectivity index (χ0v) is 18.6. The molecule has 1 aliphatic rings. The Hall–Kier alpha value is -4.88. The van der Waals surface area contributed by atoms with Gasteiger partial charge in [-0.15, -0.1) is 0 Å². The number of benzene rings is 2. The summed E-state index contributed by atoms with van der Waals surface area (Å²) in [6.07, 6.45) is -0.102. The van der Waals surface area contributed by atoms with E-state index in [1.54, 1.807) is 0 Å². The molecule has 12 nitrogen and oxygen atoms in total. The Labute approximate surface area is 202 Å². The first-order chi connectivity index (χ1) is 16.8. The van der Waals surface area contributed by atoms with Crippen molar-refractivity contribution in [1.29, 1.82) is 0 Å². The number of hydrogen-bond donors (Lipinski definition) is 5. The highest BCUT2D eigenvalue weighted by Gasteiger charge is 2.19. The van der Waals surface area contributed by atoms with Crippen LogP contribution in [0, 0.1) is 11.6 Å². The first-order valence-corrected chi connectivity index (χ1v) is 10.0. The zero-order chi connectivity index (χ0) is 27.4. The molecule has 14 heteroatoms. The van der Waals surface area contributed by atoms with Gasteiger partial charge in [0, 0.05) is 12.1 Å². The smallest absolute Gasteiger partial charge is 0.314 e. The number of carboxylic acids is 1. The maximum absolute atomic E-state index is 13.3. The van der Waals surface area contributed by atoms with Crippen molar-refractivity contribution >= 4 is 47.0 Å². The second kappa shape index (κ2) is 13.7. The predicted molar refractivity (Wildman–Crippen MR) is 120 cm³/mol. The minimum absolute atomic E-state index is 0.0671. The second-order valence-electron chi connectivity index (χ2n) is 6.88. The van der Waals surface area contributed by atoms with Gasteiger partial charge in [0.25, 0.3) is 11.8 Å². The topological polar surface area (TPSA) is 222 Å². The van der Waals surface area contributed by atoms with E-state index in [0.29, 0.717) is 0 Å². The van der Waals surface area contributed by atoms with E-state index >= 15 is 0 Å². The minimum Gasteiger partial charge on any atom is -0.481 e. The molecule has 3 amide bonds. The molecule has 192 valence electrons. The van der Waals surface area contributed by atoms with Crippen LogP contribution in [-0.2, 0) is 23.9 Å². The second-order valence-corrected chi connectivity index (χ2v) is 6.88. The van der Waals surface area contributed by atoms with Crippen LogP contribution in [0.4, 0.5) is 20.2 Å². The molecule has 0 saturated carbocycles. The zero-order valence-electron chi connectivity index (χ0n) is 18.6. The number of aliphatic carboxylic acids is 1. The van der Waals surface area contributed by atoms with Crippen LogP contribution in [0.5, 0.6) is 0 Å². The van der Waals surface area contributed by atoms with E-state index in [0.717, 1.165) is 12.1 Å². The molecule has 1 heterocycles. The Balaban J connectivity index is 0.000000303. The van der Waals surface area contributed by atoms with E-state index in [4.69, 9.17) is 22.3 Å². The lowest BCUT2D eigenvalue weighted by Gasteiger charge is -2.08. The van der Waals surface area contributed by atoms with Gasteiger partial charge in [0.15, 0.2) is 0 Å². The van der Waals surface area contributed by atoms with Crippen LogP contribution in [0.3, 0.4) is 0 Å². The molecule has 2 aromatic carbocycles. The van der Waals surface area contributed by atoms with Crippen molar-refractivity contribution in [3.63, 3.8) is 0 Å². The molecule has 1 saturated heterocycles. The van der Waals surface area contributed by atoms with Crippen LogP contribution < -0.4 is 22.5 Å². The lowest BCUT2D eigenvalue weighted by atomic mass is 10.1. The third-order valence-corrected chi connectivity index (χ3v) is 4.15. The Morgan fingerprint density at radius 3 is 1.75 bits per heavy atom. The van der Waals surface area contributed by atoms with Gasteiger partial charge >= 0.3 is 17.9 Å². The van der Waals surface area contributed by atoms with Crippen molar-refractivity contribution in [2.24, 2.45) is 11.5 Å². The lowest BCUT2D eigenvalue weighted by Crippen LogP contribution is -2.20. The van der Waals surface area contributed by atoms with Crippen LogP contribution >= 0.6 is 0 Å². The number of nitrogens with one attached hydrogen (secondary N) is 1. The van der Waals surface area contributed by atoms with Crippen molar-refractivity contribution < 1.29 is 47.4 Å². The van der Waals surface area contributed by atoms with Gasteiger partial charge < -0.3 is 32.4 Å². The summed E-state index contributed by atoms with van der Waals surface area (Å²) in [5.41, 5.74) is 14.5. The first kappa shape index (κ1) is 29.2. The van der Waals surface area contributed by atoms with Gasteiger partial charge in [0.1, 0.15) is 11.6 Å². The van der Waals surface area contributed by atoms with Crippen molar-refractivity contribution in [2.75, 3.05) is 11.1 Å². The Morgan fingerprint density at radius 2 is 1.36 bits per heavy atom. The summed E-state index contributed by atoms with van der Waals surface area (Å²) in [5, 5.41) is 10.6. The maximum atomic E-state index is 13.3. The first-order valence-electron chi connectivity index (χ1n) is 10.0. The number of amides is 3. The largest absolute Gasteiger partial charge is 0.481 e. The number of cyclic esters (lactones) is 2. The molecule has 0 radical (unpaired) electrons. The summed E-state index contributed by atoms with van der Waals surface area (Å²) in [5.74, 6) is -5.95. The van der Waals surface area contributed by atoms with E-state index in [9.17, 15) is 37.5 Å². The molecular formula is C22H22F2N4O8. The number of primary amides is 2. The number of anilines is 2. The molecular weight excluding hydrogens is 486 g/mol.